The second kappa shape index (κ2) is 9.15. The molecule has 1 N–H and O–H groups in total. The summed E-state index contributed by atoms with van der Waals surface area (Å²) in [4.78, 5) is 38.2. The molecule has 1 heterocycles. The van der Waals surface area contributed by atoms with Crippen molar-refractivity contribution in [1.29, 1.82) is 0 Å². The van der Waals surface area contributed by atoms with Crippen LogP contribution in [0.15, 0.2) is 36.4 Å². The highest BCUT2D eigenvalue weighted by Gasteiger charge is 2.27. The minimum Gasteiger partial charge on any atom is -0.482 e. The number of esters is 1. The molecule has 0 spiro atoms. The van der Waals surface area contributed by atoms with Gasteiger partial charge in [-0.3, -0.25) is 14.5 Å². The highest BCUT2D eigenvalue weighted by Crippen LogP contribution is 2.34. The Kier molecular flexibility index (Phi) is 6.61. The molecule has 7 nitrogen and oxygen atoms in total. The van der Waals surface area contributed by atoms with Crippen LogP contribution in [-0.4, -0.2) is 37.5 Å². The number of ether oxygens (including phenoxy) is 2. The first-order valence-corrected chi connectivity index (χ1v) is 9.64. The molecule has 0 fully saturated rings. The number of amides is 2. The molecular weight excluding hydrogens is 419 g/mol. The van der Waals surface area contributed by atoms with E-state index in [1.54, 1.807) is 24.3 Å². The minimum absolute atomic E-state index is 0.150. The Morgan fingerprint density at radius 3 is 2.76 bits per heavy atom. The van der Waals surface area contributed by atoms with Crippen LogP contribution in [0.4, 0.5) is 11.4 Å². The Morgan fingerprint density at radius 1 is 1.21 bits per heavy atom. The molecule has 0 unspecified atom stereocenters. The van der Waals surface area contributed by atoms with Gasteiger partial charge in [0, 0.05) is 10.7 Å². The number of carbonyl (C=O) groups is 3. The van der Waals surface area contributed by atoms with Gasteiger partial charge in [-0.05, 0) is 42.8 Å². The van der Waals surface area contributed by atoms with Gasteiger partial charge in [-0.2, -0.15) is 0 Å². The molecule has 1 aliphatic heterocycles. The van der Waals surface area contributed by atoms with E-state index in [2.05, 4.69) is 5.32 Å². The predicted octanol–water partition coefficient (Wildman–Crippen LogP) is 3.92. The fourth-order valence-electron chi connectivity index (χ4n) is 2.72. The molecule has 152 valence electrons. The average Bonchev–Trinajstić information content (AvgIpc) is 2.70. The quantitative estimate of drug-likeness (QED) is 0.693. The van der Waals surface area contributed by atoms with E-state index in [1.165, 1.54) is 17.0 Å². The summed E-state index contributed by atoms with van der Waals surface area (Å²) in [5.74, 6) is -0.926. The van der Waals surface area contributed by atoms with Gasteiger partial charge < -0.3 is 14.8 Å². The third kappa shape index (κ3) is 4.99. The number of benzene rings is 2. The minimum atomic E-state index is -0.570. The standard InChI is InChI=1S/C20H18Cl2N2O5/c1-2-7-28-20(27)14-9-13(4-5-15(14)22)23-18(25)10-24-16-8-12(21)3-6-17(16)29-11-19(24)26/h3-6,8-9H,2,7,10-11H2,1H3,(H,23,25). The zero-order valence-corrected chi connectivity index (χ0v) is 17.0. The Bertz CT molecular complexity index is 964. The number of halogens is 2. The van der Waals surface area contributed by atoms with Gasteiger partial charge in [-0.15, -0.1) is 0 Å². The summed E-state index contributed by atoms with van der Waals surface area (Å²) in [5, 5.41) is 3.30. The SMILES string of the molecule is CCCOC(=O)c1cc(NC(=O)CN2C(=O)COc3ccc(Cl)cc32)ccc1Cl. The first-order valence-electron chi connectivity index (χ1n) is 8.88. The lowest BCUT2D eigenvalue weighted by Gasteiger charge is -2.29. The maximum Gasteiger partial charge on any atom is 0.339 e. The van der Waals surface area contributed by atoms with Crippen LogP contribution in [0.1, 0.15) is 23.7 Å². The molecule has 1 aliphatic rings. The monoisotopic (exact) mass is 436 g/mol. The highest BCUT2D eigenvalue weighted by atomic mass is 35.5. The number of hydrogen-bond acceptors (Lipinski definition) is 5. The maximum atomic E-state index is 12.5. The molecular formula is C20H18Cl2N2O5. The van der Waals surface area contributed by atoms with Gasteiger partial charge in [0.15, 0.2) is 6.61 Å². The Hall–Kier alpha value is -2.77. The zero-order valence-electron chi connectivity index (χ0n) is 15.5. The largest absolute Gasteiger partial charge is 0.482 e. The first-order chi connectivity index (χ1) is 13.9. The number of nitrogens with one attached hydrogen (secondary N) is 1. The van der Waals surface area contributed by atoms with Gasteiger partial charge >= 0.3 is 5.97 Å². The zero-order chi connectivity index (χ0) is 21.0. The van der Waals surface area contributed by atoms with Gasteiger partial charge in [-0.25, -0.2) is 4.79 Å². The molecule has 2 amide bonds. The van der Waals surface area contributed by atoms with E-state index in [4.69, 9.17) is 32.7 Å². The van der Waals surface area contributed by atoms with Gasteiger partial charge in [0.1, 0.15) is 12.3 Å². The van der Waals surface area contributed by atoms with Crippen LogP contribution in [0, 0.1) is 0 Å². The Balaban J connectivity index is 1.74. The molecule has 9 heteroatoms. The molecule has 0 bridgehead atoms. The van der Waals surface area contributed by atoms with Crippen LogP contribution in [0.25, 0.3) is 0 Å². The van der Waals surface area contributed by atoms with Crippen LogP contribution < -0.4 is 15.0 Å². The second-order valence-electron chi connectivity index (χ2n) is 6.26. The molecule has 29 heavy (non-hydrogen) atoms. The van der Waals surface area contributed by atoms with Crippen LogP contribution in [-0.2, 0) is 14.3 Å². The molecule has 2 aromatic carbocycles. The average molecular weight is 437 g/mol. The van der Waals surface area contributed by atoms with E-state index in [0.717, 1.165) is 0 Å². The summed E-state index contributed by atoms with van der Waals surface area (Å²) in [6.45, 7) is 1.74. The highest BCUT2D eigenvalue weighted by molar-refractivity contribution is 6.33. The fraction of sp³-hybridized carbons (Fsp3) is 0.250. The molecule has 0 radical (unpaired) electrons. The number of nitrogens with zero attached hydrogens (tertiary/aromatic N) is 1. The van der Waals surface area contributed by atoms with Crippen molar-refractivity contribution in [3.63, 3.8) is 0 Å². The van der Waals surface area contributed by atoms with Crippen molar-refractivity contribution in [2.45, 2.75) is 13.3 Å². The van der Waals surface area contributed by atoms with Crippen molar-refractivity contribution in [1.82, 2.24) is 0 Å². The number of fused-ring (bicyclic) bond motifs is 1. The van der Waals surface area contributed by atoms with Gasteiger partial charge in [0.25, 0.3) is 5.91 Å². The van der Waals surface area contributed by atoms with E-state index in [1.807, 2.05) is 6.92 Å². The van der Waals surface area contributed by atoms with Crippen molar-refractivity contribution in [3.8, 4) is 5.75 Å². The van der Waals surface area contributed by atoms with Crippen LogP contribution in [0.2, 0.25) is 10.0 Å². The first kappa shape index (κ1) is 21.0. The normalized spacial score (nSPS) is 12.8. The van der Waals surface area contributed by atoms with Gasteiger partial charge in [-0.1, -0.05) is 30.1 Å². The van der Waals surface area contributed by atoms with Crippen molar-refractivity contribution >= 4 is 52.4 Å². The third-order valence-electron chi connectivity index (χ3n) is 4.07. The van der Waals surface area contributed by atoms with Crippen molar-refractivity contribution in [2.75, 3.05) is 30.0 Å². The number of hydrogen-bond donors (Lipinski definition) is 1. The Morgan fingerprint density at radius 2 is 2.00 bits per heavy atom. The van der Waals surface area contributed by atoms with E-state index in [0.29, 0.717) is 28.6 Å². The molecule has 0 aromatic heterocycles. The summed E-state index contributed by atoms with van der Waals surface area (Å²) < 4.78 is 10.4. The molecule has 0 saturated carbocycles. The predicted molar refractivity (Wildman–Crippen MR) is 110 cm³/mol. The summed E-state index contributed by atoms with van der Waals surface area (Å²) in [7, 11) is 0. The van der Waals surface area contributed by atoms with Crippen molar-refractivity contribution in [2.24, 2.45) is 0 Å². The lowest BCUT2D eigenvalue weighted by Crippen LogP contribution is -2.43. The van der Waals surface area contributed by atoms with Crippen LogP contribution in [0.5, 0.6) is 5.75 Å². The van der Waals surface area contributed by atoms with Crippen LogP contribution in [0.3, 0.4) is 0 Å². The van der Waals surface area contributed by atoms with E-state index in [9.17, 15) is 14.4 Å². The lowest BCUT2D eigenvalue weighted by molar-refractivity contribution is -0.123. The van der Waals surface area contributed by atoms with Crippen molar-refractivity contribution in [3.05, 3.63) is 52.0 Å². The Labute approximate surface area is 177 Å². The summed E-state index contributed by atoms with van der Waals surface area (Å²) >= 11 is 12.1. The second-order valence-corrected chi connectivity index (χ2v) is 7.10. The summed E-state index contributed by atoms with van der Waals surface area (Å²) in [6.07, 6.45) is 0.679. The molecule has 2 aromatic rings. The molecule has 0 saturated heterocycles. The van der Waals surface area contributed by atoms with E-state index < -0.39 is 11.9 Å². The molecule has 0 atom stereocenters. The number of carbonyl (C=O) groups excluding carboxylic acids is 3. The number of rotatable bonds is 6. The number of anilines is 2. The summed E-state index contributed by atoms with van der Waals surface area (Å²) in [5.41, 5.74) is 0.927. The van der Waals surface area contributed by atoms with Gasteiger partial charge in [0.2, 0.25) is 5.91 Å². The van der Waals surface area contributed by atoms with E-state index in [-0.39, 0.29) is 36.3 Å². The summed E-state index contributed by atoms with van der Waals surface area (Å²) in [6, 6.07) is 9.33. The lowest BCUT2D eigenvalue weighted by atomic mass is 10.2. The third-order valence-corrected chi connectivity index (χ3v) is 4.64. The van der Waals surface area contributed by atoms with Gasteiger partial charge in [0.05, 0.1) is 22.9 Å². The maximum absolute atomic E-state index is 12.5. The molecule has 3 rings (SSSR count). The molecule has 0 aliphatic carbocycles. The topological polar surface area (TPSA) is 84.9 Å². The smallest absolute Gasteiger partial charge is 0.339 e. The van der Waals surface area contributed by atoms with E-state index >= 15 is 0 Å². The van der Waals surface area contributed by atoms with Crippen molar-refractivity contribution < 1.29 is 23.9 Å². The fourth-order valence-corrected chi connectivity index (χ4v) is 3.09. The van der Waals surface area contributed by atoms with Crippen LogP contribution >= 0.6 is 23.2 Å².